The monoisotopic (exact) mass is 533 g/mol. The van der Waals surface area contributed by atoms with Crippen molar-refractivity contribution in [2.24, 2.45) is 0 Å². The van der Waals surface area contributed by atoms with E-state index in [4.69, 9.17) is 4.74 Å². The van der Waals surface area contributed by atoms with E-state index in [-0.39, 0.29) is 37.3 Å². The van der Waals surface area contributed by atoms with Crippen molar-refractivity contribution in [3.05, 3.63) is 89.0 Å². The first kappa shape index (κ1) is 28.0. The minimum Gasteiger partial charge on any atom is -0.376 e. The number of hydrogen-bond acceptors (Lipinski definition) is 3. The topological polar surface area (TPSA) is 41.1 Å². The zero-order chi connectivity index (χ0) is 25.1. The van der Waals surface area contributed by atoms with E-state index >= 15 is 0 Å². The predicted molar refractivity (Wildman–Crippen MR) is 125 cm³/mol. The van der Waals surface area contributed by atoms with Gasteiger partial charge in [-0.1, -0.05) is 30.3 Å². The summed E-state index contributed by atoms with van der Waals surface area (Å²) >= 11 is 0. The van der Waals surface area contributed by atoms with Crippen LogP contribution in [0.2, 0.25) is 0 Å². The van der Waals surface area contributed by atoms with Crippen molar-refractivity contribution in [3.63, 3.8) is 0 Å². The Morgan fingerprint density at radius 2 is 1.53 bits per heavy atom. The van der Waals surface area contributed by atoms with E-state index in [0.717, 1.165) is 49.5 Å². The number of alkyl halides is 6. The van der Waals surface area contributed by atoms with E-state index in [9.17, 15) is 26.3 Å². The molecule has 1 aliphatic heterocycles. The van der Waals surface area contributed by atoms with Crippen molar-refractivity contribution < 1.29 is 31.1 Å². The summed E-state index contributed by atoms with van der Waals surface area (Å²) < 4.78 is 84.9. The highest BCUT2D eigenvalue weighted by molar-refractivity contribution is 5.85. The van der Waals surface area contributed by atoms with Crippen LogP contribution in [0.3, 0.4) is 0 Å². The number of aromatic amines is 1. The Bertz CT molecular complexity index is 1060. The van der Waals surface area contributed by atoms with Gasteiger partial charge in [0.15, 0.2) is 0 Å². The highest BCUT2D eigenvalue weighted by atomic mass is 35.5. The second-order valence-corrected chi connectivity index (χ2v) is 8.87. The molecule has 4 nitrogen and oxygen atoms in total. The first-order valence-electron chi connectivity index (χ1n) is 11.2. The van der Waals surface area contributed by atoms with E-state index in [1.54, 1.807) is 12.4 Å². The maximum absolute atomic E-state index is 13.2. The Kier molecular flexibility index (Phi) is 8.74. The number of hydrogen-bond donors (Lipinski definition) is 1. The molecule has 0 bridgehead atoms. The van der Waals surface area contributed by atoms with E-state index in [0.29, 0.717) is 6.54 Å². The van der Waals surface area contributed by atoms with E-state index < -0.39 is 28.9 Å². The first-order chi connectivity index (χ1) is 16.6. The van der Waals surface area contributed by atoms with Gasteiger partial charge in [-0.25, -0.2) is 4.98 Å². The lowest BCUT2D eigenvalue weighted by Crippen LogP contribution is -2.45. The number of rotatable bonds is 7. The summed E-state index contributed by atoms with van der Waals surface area (Å²) in [6.45, 7) is 2.01. The molecule has 196 valence electrons. The SMILES string of the molecule is Cl.FC(F)(F)c1cc(COCC2(c3ccccc3)CCN(Cc3ncc[nH]3)CC2)cc(C(F)(F)F)c1. The van der Waals surface area contributed by atoms with Gasteiger partial charge in [-0.05, 0) is 55.3 Å². The van der Waals surface area contributed by atoms with Crippen molar-refractivity contribution in [1.29, 1.82) is 0 Å². The Labute approximate surface area is 211 Å². The lowest BCUT2D eigenvalue weighted by atomic mass is 9.73. The number of piperidine rings is 1. The van der Waals surface area contributed by atoms with Crippen LogP contribution in [-0.4, -0.2) is 34.6 Å². The van der Waals surface area contributed by atoms with Crippen LogP contribution in [0.15, 0.2) is 60.9 Å². The molecule has 1 fully saturated rings. The number of likely N-dealkylation sites (tertiary alicyclic amines) is 1. The van der Waals surface area contributed by atoms with Gasteiger partial charge in [0.05, 0.1) is 30.9 Å². The fraction of sp³-hybridized carbons (Fsp3) is 0.400. The molecule has 0 atom stereocenters. The second-order valence-electron chi connectivity index (χ2n) is 8.87. The molecule has 0 amide bonds. The summed E-state index contributed by atoms with van der Waals surface area (Å²) in [4.78, 5) is 9.59. The largest absolute Gasteiger partial charge is 0.416 e. The number of nitrogens with zero attached hydrogens (tertiary/aromatic N) is 2. The molecule has 0 unspecified atom stereocenters. The molecule has 0 aliphatic carbocycles. The molecule has 2 aromatic carbocycles. The summed E-state index contributed by atoms with van der Waals surface area (Å²) in [6.07, 6.45) is -4.86. The van der Waals surface area contributed by atoms with Gasteiger partial charge in [0.2, 0.25) is 0 Å². The van der Waals surface area contributed by atoms with Gasteiger partial charge in [0.25, 0.3) is 0 Å². The number of ether oxygens (including phenoxy) is 1. The molecular formula is C25H26ClF6N3O. The molecule has 0 saturated carbocycles. The molecule has 1 saturated heterocycles. The Hall–Kier alpha value is -2.56. The molecule has 36 heavy (non-hydrogen) atoms. The first-order valence-corrected chi connectivity index (χ1v) is 11.2. The number of imidazole rings is 1. The van der Waals surface area contributed by atoms with Gasteiger partial charge in [-0.2, -0.15) is 26.3 Å². The smallest absolute Gasteiger partial charge is 0.376 e. The van der Waals surface area contributed by atoms with Crippen LogP contribution >= 0.6 is 12.4 Å². The van der Waals surface area contributed by atoms with Crippen LogP contribution in [0.4, 0.5) is 26.3 Å². The fourth-order valence-electron chi connectivity index (χ4n) is 4.51. The second kappa shape index (κ2) is 11.2. The van der Waals surface area contributed by atoms with Crippen LogP contribution in [0, 0.1) is 0 Å². The third-order valence-electron chi connectivity index (χ3n) is 6.42. The Balaban J connectivity index is 0.00000361. The Morgan fingerprint density at radius 3 is 2.06 bits per heavy atom. The molecule has 4 rings (SSSR count). The molecule has 11 heteroatoms. The Morgan fingerprint density at radius 1 is 0.917 bits per heavy atom. The number of nitrogens with one attached hydrogen (secondary N) is 1. The van der Waals surface area contributed by atoms with Gasteiger partial charge < -0.3 is 9.72 Å². The van der Waals surface area contributed by atoms with Crippen molar-refractivity contribution >= 4 is 12.4 Å². The van der Waals surface area contributed by atoms with Gasteiger partial charge in [-0.3, -0.25) is 4.90 Å². The molecule has 1 N–H and O–H groups in total. The molecule has 3 aromatic rings. The number of halogens is 7. The number of aromatic nitrogens is 2. The van der Waals surface area contributed by atoms with Crippen LogP contribution in [-0.2, 0) is 35.7 Å². The fourth-order valence-corrected chi connectivity index (χ4v) is 4.51. The van der Waals surface area contributed by atoms with E-state index in [2.05, 4.69) is 14.9 Å². The quantitative estimate of drug-likeness (QED) is 0.347. The zero-order valence-electron chi connectivity index (χ0n) is 19.2. The van der Waals surface area contributed by atoms with Crippen molar-refractivity contribution in [2.75, 3.05) is 19.7 Å². The lowest BCUT2D eigenvalue weighted by molar-refractivity contribution is -0.143. The molecule has 0 radical (unpaired) electrons. The maximum Gasteiger partial charge on any atom is 0.416 e. The molecule has 0 spiro atoms. The van der Waals surface area contributed by atoms with Crippen LogP contribution in [0.25, 0.3) is 0 Å². The zero-order valence-corrected chi connectivity index (χ0v) is 20.0. The standard InChI is InChI=1S/C25H25F6N3O.ClH/c26-24(27,28)20-12-18(13-21(14-20)25(29,30)31)16-35-17-23(19-4-2-1-3-5-19)6-10-34(11-7-23)15-22-32-8-9-33-22;/h1-5,8-9,12-14H,6-7,10-11,15-17H2,(H,32,33);1H. The normalized spacial score (nSPS) is 16.5. The minimum absolute atomic E-state index is 0. The molecule has 1 aliphatic rings. The number of H-pyrrole nitrogens is 1. The van der Waals surface area contributed by atoms with E-state index in [1.165, 1.54) is 0 Å². The summed E-state index contributed by atoms with van der Waals surface area (Å²) in [5.41, 5.74) is -2.19. The molecule has 2 heterocycles. The molecule has 1 aromatic heterocycles. The third-order valence-corrected chi connectivity index (χ3v) is 6.42. The number of benzene rings is 2. The maximum atomic E-state index is 13.2. The van der Waals surface area contributed by atoms with Gasteiger partial charge >= 0.3 is 12.4 Å². The highest BCUT2D eigenvalue weighted by Gasteiger charge is 2.38. The average molecular weight is 534 g/mol. The van der Waals surface area contributed by atoms with E-state index in [1.807, 2.05) is 30.3 Å². The van der Waals surface area contributed by atoms with Gasteiger partial charge in [-0.15, -0.1) is 12.4 Å². The summed E-state index contributed by atoms with van der Waals surface area (Å²) in [7, 11) is 0. The van der Waals surface area contributed by atoms with Gasteiger partial charge in [0, 0.05) is 17.8 Å². The predicted octanol–water partition coefficient (Wildman–Crippen LogP) is 6.62. The van der Waals surface area contributed by atoms with Crippen molar-refractivity contribution in [3.8, 4) is 0 Å². The van der Waals surface area contributed by atoms with Crippen LogP contribution in [0.5, 0.6) is 0 Å². The van der Waals surface area contributed by atoms with Crippen LogP contribution in [0.1, 0.15) is 40.9 Å². The third kappa shape index (κ3) is 6.80. The van der Waals surface area contributed by atoms with Gasteiger partial charge in [0.1, 0.15) is 5.82 Å². The summed E-state index contributed by atoms with van der Waals surface area (Å²) in [6, 6.07) is 11.3. The van der Waals surface area contributed by atoms with Crippen molar-refractivity contribution in [2.45, 2.75) is 43.8 Å². The lowest BCUT2D eigenvalue weighted by Gasteiger charge is -2.42. The minimum atomic E-state index is -4.89. The average Bonchev–Trinajstić information content (AvgIpc) is 3.33. The molecular weight excluding hydrogens is 508 g/mol. The highest BCUT2D eigenvalue weighted by Crippen LogP contribution is 2.38. The summed E-state index contributed by atoms with van der Waals surface area (Å²) in [5, 5.41) is 0. The summed E-state index contributed by atoms with van der Waals surface area (Å²) in [5.74, 6) is 0.860. The van der Waals surface area contributed by atoms with Crippen molar-refractivity contribution in [1.82, 2.24) is 14.9 Å². The van der Waals surface area contributed by atoms with Crippen LogP contribution < -0.4 is 0 Å².